The van der Waals surface area contributed by atoms with E-state index in [1.54, 1.807) is 6.92 Å². The van der Waals surface area contributed by atoms with Gasteiger partial charge in [-0.1, -0.05) is 31.2 Å². The van der Waals surface area contributed by atoms with Gasteiger partial charge >= 0.3 is 11.9 Å². The summed E-state index contributed by atoms with van der Waals surface area (Å²) in [6, 6.07) is 8.03. The van der Waals surface area contributed by atoms with Crippen molar-refractivity contribution in [2.24, 2.45) is 0 Å². The average molecular weight is 404 g/mol. The Morgan fingerprint density at radius 2 is 1.89 bits per heavy atom. The maximum Gasteiger partial charge on any atom is 0.350 e. The van der Waals surface area contributed by atoms with E-state index < -0.39 is 11.9 Å². The van der Waals surface area contributed by atoms with E-state index in [0.29, 0.717) is 23.5 Å². The maximum absolute atomic E-state index is 12.3. The Morgan fingerprint density at radius 1 is 1.18 bits per heavy atom. The van der Waals surface area contributed by atoms with Crippen LogP contribution in [0, 0.1) is 6.92 Å². The third kappa shape index (κ3) is 6.16. The molecule has 1 aromatic carbocycles. The van der Waals surface area contributed by atoms with Gasteiger partial charge in [-0.05, 0) is 25.3 Å². The zero-order valence-electron chi connectivity index (χ0n) is 16.2. The van der Waals surface area contributed by atoms with E-state index in [0.717, 1.165) is 17.0 Å². The molecular weight excluding hydrogens is 380 g/mol. The molecule has 1 amide bonds. The number of amides is 1. The van der Waals surface area contributed by atoms with Gasteiger partial charge in [-0.3, -0.25) is 9.59 Å². The number of nitrogens with one attached hydrogen (secondary N) is 1. The molecule has 0 aliphatic rings. The summed E-state index contributed by atoms with van der Waals surface area (Å²) in [5, 5.41) is 3.32. The van der Waals surface area contributed by atoms with Crippen molar-refractivity contribution in [1.29, 1.82) is 0 Å². The van der Waals surface area contributed by atoms with E-state index in [1.807, 2.05) is 24.3 Å². The summed E-state index contributed by atoms with van der Waals surface area (Å²) in [7, 11) is 1.31. The Bertz CT molecular complexity index is 830. The van der Waals surface area contributed by atoms with E-state index in [-0.39, 0.29) is 19.0 Å². The monoisotopic (exact) mass is 404 g/mol. The second-order valence-electron chi connectivity index (χ2n) is 6.09. The molecular formula is C20H24N2O5S. The number of nitrogens with zero attached hydrogens (tertiary/aromatic N) is 1. The topological polar surface area (TPSA) is 94.6 Å². The number of rotatable bonds is 9. The van der Waals surface area contributed by atoms with Crippen LogP contribution in [0.5, 0.6) is 0 Å². The summed E-state index contributed by atoms with van der Waals surface area (Å²) in [5.74, 6) is -1.33. The van der Waals surface area contributed by atoms with Gasteiger partial charge < -0.3 is 14.8 Å². The van der Waals surface area contributed by atoms with Gasteiger partial charge in [0.05, 0.1) is 12.8 Å². The predicted octanol–water partition coefficient (Wildman–Crippen LogP) is 2.91. The van der Waals surface area contributed by atoms with E-state index in [9.17, 15) is 14.4 Å². The predicted molar refractivity (Wildman–Crippen MR) is 106 cm³/mol. The van der Waals surface area contributed by atoms with Gasteiger partial charge in [0.1, 0.15) is 9.88 Å². The fraction of sp³-hybridized carbons (Fsp3) is 0.400. The van der Waals surface area contributed by atoms with Gasteiger partial charge in [-0.2, -0.15) is 0 Å². The van der Waals surface area contributed by atoms with Crippen molar-refractivity contribution in [3.63, 3.8) is 0 Å². The second kappa shape index (κ2) is 10.6. The second-order valence-corrected chi connectivity index (χ2v) is 7.09. The molecule has 0 fully saturated rings. The van der Waals surface area contributed by atoms with Gasteiger partial charge in [0.15, 0.2) is 6.61 Å². The summed E-state index contributed by atoms with van der Waals surface area (Å²) in [6.07, 6.45) is 1.64. The SMILES string of the molecule is CCc1ccc(-c2nc(C)c(C(=O)OCC(=O)NCCCC(=O)OC)s2)cc1. The molecule has 2 rings (SSSR count). The minimum Gasteiger partial charge on any atom is -0.469 e. The van der Waals surface area contributed by atoms with Crippen LogP contribution < -0.4 is 5.32 Å². The molecule has 0 bridgehead atoms. The summed E-state index contributed by atoms with van der Waals surface area (Å²) >= 11 is 1.24. The molecule has 0 unspecified atom stereocenters. The minimum atomic E-state index is -0.573. The standard InChI is InChI=1S/C20H24N2O5S/c1-4-14-7-9-15(10-8-14)19-22-13(2)18(28-19)20(25)27-12-16(23)21-11-5-6-17(24)26-3/h7-10H,4-6,11-12H2,1-3H3,(H,21,23). The van der Waals surface area contributed by atoms with E-state index in [4.69, 9.17) is 4.74 Å². The summed E-state index contributed by atoms with van der Waals surface area (Å²) in [6.45, 7) is 3.76. The molecule has 0 saturated carbocycles. The molecule has 8 heteroatoms. The van der Waals surface area contributed by atoms with Crippen LogP contribution in [-0.2, 0) is 25.5 Å². The lowest BCUT2D eigenvalue weighted by molar-refractivity contribution is -0.140. The van der Waals surface area contributed by atoms with Gasteiger partial charge in [0.25, 0.3) is 5.91 Å². The number of esters is 2. The van der Waals surface area contributed by atoms with Gasteiger partial charge in [-0.15, -0.1) is 11.3 Å². The van der Waals surface area contributed by atoms with Crippen LogP contribution in [0.2, 0.25) is 0 Å². The van der Waals surface area contributed by atoms with Crippen molar-refractivity contribution >= 4 is 29.2 Å². The molecule has 0 atom stereocenters. The van der Waals surface area contributed by atoms with Crippen LogP contribution >= 0.6 is 11.3 Å². The molecule has 0 aliphatic heterocycles. The fourth-order valence-electron chi connectivity index (χ4n) is 2.40. The molecule has 0 saturated heterocycles. The summed E-state index contributed by atoms with van der Waals surface area (Å²) in [4.78, 5) is 39.8. The molecule has 7 nitrogen and oxygen atoms in total. The van der Waals surface area contributed by atoms with Crippen molar-refractivity contribution in [2.45, 2.75) is 33.1 Å². The van der Waals surface area contributed by atoms with Crippen molar-refractivity contribution in [3.8, 4) is 10.6 Å². The normalized spacial score (nSPS) is 10.4. The zero-order valence-corrected chi connectivity index (χ0v) is 17.1. The molecule has 1 heterocycles. The zero-order chi connectivity index (χ0) is 20.5. The lowest BCUT2D eigenvalue weighted by Gasteiger charge is -2.05. The number of hydrogen-bond acceptors (Lipinski definition) is 7. The lowest BCUT2D eigenvalue weighted by Crippen LogP contribution is -2.29. The van der Waals surface area contributed by atoms with E-state index in [2.05, 4.69) is 22.0 Å². The average Bonchev–Trinajstić information content (AvgIpc) is 3.10. The van der Waals surface area contributed by atoms with Crippen LogP contribution in [0.4, 0.5) is 0 Å². The number of hydrogen-bond donors (Lipinski definition) is 1. The minimum absolute atomic E-state index is 0.221. The number of carbonyl (C=O) groups is 3. The highest BCUT2D eigenvalue weighted by Crippen LogP contribution is 2.28. The quantitative estimate of drug-likeness (QED) is 0.510. The highest BCUT2D eigenvalue weighted by molar-refractivity contribution is 7.17. The van der Waals surface area contributed by atoms with Crippen LogP contribution in [0.1, 0.15) is 40.7 Å². The Balaban J connectivity index is 1.86. The van der Waals surface area contributed by atoms with Crippen LogP contribution in [-0.4, -0.2) is 43.1 Å². The lowest BCUT2D eigenvalue weighted by atomic mass is 10.1. The van der Waals surface area contributed by atoms with Crippen molar-refractivity contribution in [3.05, 3.63) is 40.4 Å². The number of aryl methyl sites for hydroxylation is 2. The van der Waals surface area contributed by atoms with E-state index >= 15 is 0 Å². The largest absolute Gasteiger partial charge is 0.469 e. The van der Waals surface area contributed by atoms with Crippen molar-refractivity contribution in [1.82, 2.24) is 10.3 Å². The molecule has 0 spiro atoms. The highest BCUT2D eigenvalue weighted by atomic mass is 32.1. The first-order chi connectivity index (χ1) is 13.4. The third-order valence-corrected chi connectivity index (χ3v) is 5.22. The number of thiazole rings is 1. The Morgan fingerprint density at radius 3 is 2.54 bits per heavy atom. The van der Waals surface area contributed by atoms with Crippen molar-refractivity contribution in [2.75, 3.05) is 20.3 Å². The molecule has 150 valence electrons. The van der Waals surface area contributed by atoms with Crippen LogP contribution in [0.25, 0.3) is 10.6 Å². The number of aromatic nitrogens is 1. The molecule has 1 aromatic heterocycles. The number of ether oxygens (including phenoxy) is 2. The first kappa shape index (κ1) is 21.6. The van der Waals surface area contributed by atoms with Crippen LogP contribution in [0.3, 0.4) is 0 Å². The Labute approximate surface area is 168 Å². The van der Waals surface area contributed by atoms with Gasteiger partial charge in [-0.25, -0.2) is 9.78 Å². The van der Waals surface area contributed by atoms with Gasteiger partial charge in [0.2, 0.25) is 0 Å². The molecule has 0 aliphatic carbocycles. The summed E-state index contributed by atoms with van der Waals surface area (Å²) < 4.78 is 9.60. The first-order valence-corrected chi connectivity index (χ1v) is 9.83. The Kier molecular flexibility index (Phi) is 8.13. The molecule has 28 heavy (non-hydrogen) atoms. The molecule has 1 N–H and O–H groups in total. The third-order valence-electron chi connectivity index (χ3n) is 4.03. The first-order valence-electron chi connectivity index (χ1n) is 9.02. The van der Waals surface area contributed by atoms with Gasteiger partial charge in [0, 0.05) is 18.5 Å². The number of benzene rings is 1. The maximum atomic E-state index is 12.3. The molecule has 2 aromatic rings. The Hall–Kier alpha value is -2.74. The van der Waals surface area contributed by atoms with Crippen LogP contribution in [0.15, 0.2) is 24.3 Å². The number of methoxy groups -OCH3 is 1. The molecule has 0 radical (unpaired) electrons. The highest BCUT2D eigenvalue weighted by Gasteiger charge is 2.18. The summed E-state index contributed by atoms with van der Waals surface area (Å²) in [5.41, 5.74) is 2.74. The smallest absolute Gasteiger partial charge is 0.350 e. The number of carbonyl (C=O) groups excluding carboxylic acids is 3. The fourth-order valence-corrected chi connectivity index (χ4v) is 3.37. The van der Waals surface area contributed by atoms with E-state index in [1.165, 1.54) is 24.0 Å². The van der Waals surface area contributed by atoms with Crippen molar-refractivity contribution < 1.29 is 23.9 Å².